The van der Waals surface area contributed by atoms with Gasteiger partial charge >= 0.3 is 0 Å². The molecule has 1 aromatic carbocycles. The molecule has 0 amide bonds. The molecule has 0 aliphatic carbocycles. The van der Waals surface area contributed by atoms with Gasteiger partial charge in [-0.25, -0.2) is 4.98 Å². The summed E-state index contributed by atoms with van der Waals surface area (Å²) in [6, 6.07) is 10.3. The highest BCUT2D eigenvalue weighted by Gasteiger charge is 1.98. The van der Waals surface area contributed by atoms with E-state index in [0.717, 1.165) is 16.5 Å². The summed E-state index contributed by atoms with van der Waals surface area (Å²) in [5.41, 5.74) is 1.91. The van der Waals surface area contributed by atoms with Crippen molar-refractivity contribution in [1.29, 1.82) is 0 Å². The molecule has 1 radical (unpaired) electrons. The van der Waals surface area contributed by atoms with Gasteiger partial charge in [-0.15, -0.1) is 0 Å². The average molecular weight is 158 g/mol. The molecule has 0 aliphatic heterocycles. The van der Waals surface area contributed by atoms with Crippen molar-refractivity contribution in [3.63, 3.8) is 0 Å². The molecule has 0 saturated carbocycles. The monoisotopic (exact) mass is 158 g/mol. The van der Waals surface area contributed by atoms with Gasteiger partial charge in [-0.1, -0.05) is 18.2 Å². The van der Waals surface area contributed by atoms with Crippen molar-refractivity contribution in [3.8, 4) is 5.88 Å². The summed E-state index contributed by atoms with van der Waals surface area (Å²) in [6.07, 6.45) is 0. The van der Waals surface area contributed by atoms with Crippen molar-refractivity contribution >= 4 is 10.9 Å². The highest BCUT2D eigenvalue weighted by molar-refractivity contribution is 5.81. The molecule has 2 rings (SSSR count). The number of benzene rings is 1. The zero-order valence-electron chi connectivity index (χ0n) is 6.70. The average Bonchev–Trinajstić information content (AvgIpc) is 2.07. The number of rotatable bonds is 0. The molecule has 12 heavy (non-hydrogen) atoms. The number of hydrogen-bond donors (Lipinski definition) is 1. The second-order valence-electron chi connectivity index (χ2n) is 2.74. The van der Waals surface area contributed by atoms with Gasteiger partial charge in [0.05, 0.1) is 5.52 Å². The zero-order valence-corrected chi connectivity index (χ0v) is 6.70. The molecule has 2 aromatic rings. The van der Waals surface area contributed by atoms with Crippen LogP contribution in [0.5, 0.6) is 5.88 Å². The minimum Gasteiger partial charge on any atom is -0.493 e. The number of aryl methyl sites for hydroxylation is 1. The van der Waals surface area contributed by atoms with Crippen LogP contribution in [0.4, 0.5) is 0 Å². The van der Waals surface area contributed by atoms with Gasteiger partial charge in [-0.2, -0.15) is 0 Å². The number of aromatic hydroxyl groups is 1. The number of nitrogens with zero attached hydrogens (tertiary/aromatic N) is 1. The number of hydrogen-bond acceptors (Lipinski definition) is 2. The number of aromatic nitrogens is 1. The van der Waals surface area contributed by atoms with E-state index < -0.39 is 0 Å². The first-order valence-electron chi connectivity index (χ1n) is 3.74. The maximum absolute atomic E-state index is 9.09. The fraction of sp³-hybridized carbons (Fsp3) is 0.100. The van der Waals surface area contributed by atoms with E-state index in [4.69, 9.17) is 5.11 Å². The van der Waals surface area contributed by atoms with E-state index in [9.17, 15) is 0 Å². The summed E-state index contributed by atoms with van der Waals surface area (Å²) in [5, 5.41) is 10.1. The molecule has 0 unspecified atom stereocenters. The van der Waals surface area contributed by atoms with Crippen molar-refractivity contribution in [1.82, 2.24) is 4.98 Å². The molecule has 59 valence electrons. The third-order valence-corrected chi connectivity index (χ3v) is 1.84. The van der Waals surface area contributed by atoms with Crippen LogP contribution in [0.1, 0.15) is 5.56 Å². The Bertz CT molecular complexity index is 423. The smallest absolute Gasteiger partial charge is 0.219 e. The van der Waals surface area contributed by atoms with Crippen LogP contribution in [0.2, 0.25) is 0 Å². The van der Waals surface area contributed by atoms with Crippen LogP contribution in [0.3, 0.4) is 0 Å². The normalized spacial score (nSPS) is 10.4. The van der Waals surface area contributed by atoms with Crippen LogP contribution in [-0.2, 0) is 0 Å². The molecule has 2 nitrogen and oxygen atoms in total. The maximum atomic E-state index is 9.09. The summed E-state index contributed by atoms with van der Waals surface area (Å²) in [4.78, 5) is 3.98. The molecule has 0 fully saturated rings. The molecular weight excluding hydrogens is 150 g/mol. The molecular formula is C10H8NO. The van der Waals surface area contributed by atoms with Gasteiger partial charge in [0.15, 0.2) is 0 Å². The van der Waals surface area contributed by atoms with Crippen LogP contribution < -0.4 is 0 Å². The van der Waals surface area contributed by atoms with Crippen molar-refractivity contribution < 1.29 is 5.11 Å². The Hall–Kier alpha value is -1.57. The van der Waals surface area contributed by atoms with E-state index in [2.05, 4.69) is 11.1 Å². The quantitative estimate of drug-likeness (QED) is 0.636. The molecule has 2 heteroatoms. The van der Waals surface area contributed by atoms with Crippen molar-refractivity contribution in [2.24, 2.45) is 0 Å². The Balaban J connectivity index is 2.88. The summed E-state index contributed by atoms with van der Waals surface area (Å²) in [7, 11) is 0. The molecule has 1 aromatic heterocycles. The van der Waals surface area contributed by atoms with Crippen LogP contribution in [0.15, 0.2) is 24.3 Å². The van der Waals surface area contributed by atoms with Gasteiger partial charge in [-0.3, -0.25) is 0 Å². The highest BCUT2D eigenvalue weighted by atomic mass is 16.3. The largest absolute Gasteiger partial charge is 0.493 e. The predicted molar refractivity (Wildman–Crippen MR) is 47.0 cm³/mol. The lowest BCUT2D eigenvalue weighted by molar-refractivity contribution is 0.454. The SMILES string of the molecule is Cc1cccc2c[c]c(O)nc12. The van der Waals surface area contributed by atoms with Gasteiger partial charge in [0.1, 0.15) is 0 Å². The van der Waals surface area contributed by atoms with Gasteiger partial charge in [0, 0.05) is 11.5 Å². The van der Waals surface area contributed by atoms with Crippen LogP contribution in [0.25, 0.3) is 10.9 Å². The second-order valence-corrected chi connectivity index (χ2v) is 2.74. The van der Waals surface area contributed by atoms with E-state index in [1.54, 1.807) is 6.07 Å². The summed E-state index contributed by atoms with van der Waals surface area (Å²) >= 11 is 0. The molecule has 1 heterocycles. The molecule has 1 N–H and O–H groups in total. The van der Waals surface area contributed by atoms with Crippen molar-refractivity contribution in [3.05, 3.63) is 35.9 Å². The van der Waals surface area contributed by atoms with Gasteiger partial charge in [-0.05, 0) is 18.6 Å². The Kier molecular flexibility index (Phi) is 1.47. The minimum atomic E-state index is -0.0446. The van der Waals surface area contributed by atoms with E-state index in [1.807, 2.05) is 25.1 Å². The summed E-state index contributed by atoms with van der Waals surface area (Å²) < 4.78 is 0. The third kappa shape index (κ3) is 1.01. The molecule has 0 saturated heterocycles. The molecule has 0 spiro atoms. The molecule has 0 atom stereocenters. The topological polar surface area (TPSA) is 33.1 Å². The Morgan fingerprint density at radius 3 is 3.08 bits per heavy atom. The van der Waals surface area contributed by atoms with Gasteiger partial charge in [0.25, 0.3) is 0 Å². The fourth-order valence-electron chi connectivity index (χ4n) is 1.23. The standard InChI is InChI=1S/C10H8NO/c1-7-3-2-4-8-5-6-9(12)11-10(7)8/h2-5H,1H3,(H,11,12). The summed E-state index contributed by atoms with van der Waals surface area (Å²) in [5.74, 6) is -0.0446. The predicted octanol–water partition coefficient (Wildman–Crippen LogP) is 2.05. The van der Waals surface area contributed by atoms with E-state index in [1.165, 1.54) is 0 Å². The Morgan fingerprint density at radius 1 is 1.42 bits per heavy atom. The first-order chi connectivity index (χ1) is 5.77. The lowest BCUT2D eigenvalue weighted by Gasteiger charge is -1.99. The lowest BCUT2D eigenvalue weighted by atomic mass is 10.1. The van der Waals surface area contributed by atoms with Crippen molar-refractivity contribution in [2.75, 3.05) is 0 Å². The number of para-hydroxylation sites is 1. The van der Waals surface area contributed by atoms with Gasteiger partial charge in [0.2, 0.25) is 5.88 Å². The first-order valence-corrected chi connectivity index (χ1v) is 3.74. The van der Waals surface area contributed by atoms with Crippen LogP contribution in [0, 0.1) is 13.0 Å². The Labute approximate surface area is 70.5 Å². The number of fused-ring (bicyclic) bond motifs is 1. The van der Waals surface area contributed by atoms with E-state index in [0.29, 0.717) is 0 Å². The maximum Gasteiger partial charge on any atom is 0.219 e. The summed E-state index contributed by atoms with van der Waals surface area (Å²) in [6.45, 7) is 1.97. The fourth-order valence-corrected chi connectivity index (χ4v) is 1.23. The zero-order chi connectivity index (χ0) is 8.55. The third-order valence-electron chi connectivity index (χ3n) is 1.84. The molecule has 0 bridgehead atoms. The minimum absolute atomic E-state index is 0.0446. The first kappa shape index (κ1) is 7.10. The van der Waals surface area contributed by atoms with E-state index in [-0.39, 0.29) is 5.88 Å². The van der Waals surface area contributed by atoms with Crippen LogP contribution >= 0.6 is 0 Å². The van der Waals surface area contributed by atoms with Crippen molar-refractivity contribution in [2.45, 2.75) is 6.92 Å². The van der Waals surface area contributed by atoms with Crippen LogP contribution in [-0.4, -0.2) is 10.1 Å². The number of pyridine rings is 1. The van der Waals surface area contributed by atoms with Gasteiger partial charge < -0.3 is 5.11 Å². The highest BCUT2D eigenvalue weighted by Crippen LogP contribution is 2.17. The second kappa shape index (κ2) is 2.48. The lowest BCUT2D eigenvalue weighted by Crippen LogP contribution is -1.82. The Morgan fingerprint density at radius 2 is 2.25 bits per heavy atom. The molecule has 0 aliphatic rings. The van der Waals surface area contributed by atoms with E-state index >= 15 is 0 Å².